The molecule has 0 aromatic carbocycles. The minimum absolute atomic E-state index is 0.0796. The lowest BCUT2D eigenvalue weighted by Gasteiger charge is -1.83. The van der Waals surface area contributed by atoms with Crippen LogP contribution in [0.4, 0.5) is 0 Å². The van der Waals surface area contributed by atoms with Crippen LogP contribution >= 0.6 is 0 Å². The minimum Gasteiger partial charge on any atom is -0.475 e. The highest BCUT2D eigenvalue weighted by Gasteiger charge is 2.08. The van der Waals surface area contributed by atoms with E-state index in [2.05, 4.69) is 19.4 Å². The molecule has 0 aliphatic heterocycles. The number of rotatable bonds is 3. The van der Waals surface area contributed by atoms with E-state index in [4.69, 9.17) is 10.6 Å². The maximum atomic E-state index is 10.3. The fraction of sp³-hybridized carbons (Fsp3) is 0.200. The van der Waals surface area contributed by atoms with Crippen LogP contribution in [0.5, 0.6) is 0 Å². The molecule has 7 heteroatoms. The van der Waals surface area contributed by atoms with Gasteiger partial charge < -0.3 is 9.52 Å². The normalized spacial score (nSPS) is 9.00. The van der Waals surface area contributed by atoms with Crippen LogP contribution in [-0.2, 0) is 6.54 Å². The topological polar surface area (TPSA) is 112 Å². The van der Waals surface area contributed by atoms with Gasteiger partial charge in [0.25, 0.3) is 0 Å². The van der Waals surface area contributed by atoms with Crippen molar-refractivity contribution in [3.05, 3.63) is 28.3 Å². The van der Waals surface area contributed by atoms with Gasteiger partial charge in [0.1, 0.15) is 6.54 Å². The molecule has 0 saturated heterocycles. The summed E-state index contributed by atoms with van der Waals surface area (Å²) in [6.45, 7) is -0.0796. The molecule has 7 nitrogen and oxygen atoms in total. The summed E-state index contributed by atoms with van der Waals surface area (Å²) in [6.07, 6.45) is 1.06. The number of nitrogens with zero attached hydrogens (tertiary/aromatic N) is 4. The first-order valence-electron chi connectivity index (χ1n) is 2.93. The number of carbonyl (C=O) groups is 1. The molecule has 0 aliphatic rings. The van der Waals surface area contributed by atoms with Crippen LogP contribution in [0.25, 0.3) is 10.4 Å². The zero-order valence-corrected chi connectivity index (χ0v) is 5.84. The first-order valence-corrected chi connectivity index (χ1v) is 2.93. The lowest BCUT2D eigenvalue weighted by Crippen LogP contribution is -1.91. The van der Waals surface area contributed by atoms with E-state index in [-0.39, 0.29) is 18.2 Å². The van der Waals surface area contributed by atoms with Crippen LogP contribution < -0.4 is 0 Å². The molecule has 0 aliphatic carbocycles. The highest BCUT2D eigenvalue weighted by molar-refractivity contribution is 5.83. The summed E-state index contributed by atoms with van der Waals surface area (Å²) in [5.41, 5.74) is 7.92. The fourth-order valence-corrected chi connectivity index (χ4v) is 0.574. The third-order valence-electron chi connectivity index (χ3n) is 1.03. The summed E-state index contributed by atoms with van der Waals surface area (Å²) in [6, 6.07) is 0. The summed E-state index contributed by atoms with van der Waals surface area (Å²) in [5.74, 6) is -1.38. The molecule has 12 heavy (non-hydrogen) atoms. The van der Waals surface area contributed by atoms with Crippen LogP contribution in [0.15, 0.2) is 15.7 Å². The number of hydrogen-bond donors (Lipinski definition) is 1. The number of carboxylic acid groups (broad SMARTS) is 1. The van der Waals surface area contributed by atoms with Gasteiger partial charge in [0.05, 0.1) is 6.20 Å². The molecule has 0 spiro atoms. The predicted octanol–water partition coefficient (Wildman–Crippen LogP) is 1.18. The Labute approximate surface area is 66.3 Å². The van der Waals surface area contributed by atoms with E-state index in [0.717, 1.165) is 6.20 Å². The van der Waals surface area contributed by atoms with Crippen molar-refractivity contribution in [2.75, 3.05) is 0 Å². The smallest absolute Gasteiger partial charge is 0.373 e. The monoisotopic (exact) mass is 168 g/mol. The van der Waals surface area contributed by atoms with Gasteiger partial charge in [-0.25, -0.2) is 9.78 Å². The number of hydrogen-bond acceptors (Lipinski definition) is 4. The summed E-state index contributed by atoms with van der Waals surface area (Å²) in [5, 5.41) is 11.5. The third-order valence-corrected chi connectivity index (χ3v) is 1.03. The Morgan fingerprint density at radius 3 is 3.17 bits per heavy atom. The number of carboxylic acids is 1. The minimum atomic E-state index is -1.20. The molecular weight excluding hydrogens is 164 g/mol. The van der Waals surface area contributed by atoms with E-state index in [1.54, 1.807) is 0 Å². The van der Waals surface area contributed by atoms with Crippen molar-refractivity contribution in [1.29, 1.82) is 0 Å². The van der Waals surface area contributed by atoms with E-state index in [1.807, 2.05) is 0 Å². The van der Waals surface area contributed by atoms with E-state index in [1.165, 1.54) is 0 Å². The van der Waals surface area contributed by atoms with Crippen molar-refractivity contribution in [3.63, 3.8) is 0 Å². The lowest BCUT2D eigenvalue weighted by molar-refractivity contribution is 0.0660. The van der Waals surface area contributed by atoms with Crippen LogP contribution in [0.3, 0.4) is 0 Å². The quantitative estimate of drug-likeness (QED) is 0.414. The Bertz CT molecular complexity index is 338. The molecule has 0 bridgehead atoms. The molecule has 1 heterocycles. The van der Waals surface area contributed by atoms with Crippen LogP contribution in [0.1, 0.15) is 16.4 Å². The molecular formula is C5H4N4O3. The van der Waals surface area contributed by atoms with Crippen molar-refractivity contribution in [2.45, 2.75) is 6.54 Å². The molecule has 0 unspecified atom stereocenters. The maximum absolute atomic E-state index is 10.3. The van der Waals surface area contributed by atoms with Gasteiger partial charge in [0, 0.05) is 4.91 Å². The Kier molecular flexibility index (Phi) is 2.29. The molecule has 1 N–H and O–H groups in total. The first kappa shape index (κ1) is 8.09. The van der Waals surface area contributed by atoms with E-state index in [0.29, 0.717) is 0 Å². The van der Waals surface area contributed by atoms with Crippen LogP contribution in [-0.4, -0.2) is 16.1 Å². The zero-order valence-electron chi connectivity index (χ0n) is 5.84. The van der Waals surface area contributed by atoms with Crippen molar-refractivity contribution in [2.24, 2.45) is 5.11 Å². The Hall–Kier alpha value is -2.01. The van der Waals surface area contributed by atoms with Crippen molar-refractivity contribution >= 4 is 5.97 Å². The van der Waals surface area contributed by atoms with Crippen molar-refractivity contribution in [1.82, 2.24) is 4.98 Å². The van der Waals surface area contributed by atoms with Gasteiger partial charge in [0.15, 0.2) is 0 Å². The van der Waals surface area contributed by atoms with Gasteiger partial charge >= 0.3 is 5.97 Å². The summed E-state index contributed by atoms with van der Waals surface area (Å²) in [4.78, 5) is 16.3. The van der Waals surface area contributed by atoms with Gasteiger partial charge in [-0.2, -0.15) is 0 Å². The average Bonchev–Trinajstić information content (AvgIpc) is 2.48. The predicted molar refractivity (Wildman–Crippen MR) is 36.3 cm³/mol. The second-order valence-corrected chi connectivity index (χ2v) is 1.81. The highest BCUT2D eigenvalue weighted by atomic mass is 16.4. The third kappa shape index (κ3) is 1.74. The SMILES string of the molecule is [N-]=[N+]=NCc1ncc(C(=O)O)o1. The number of azide groups is 1. The molecule has 0 fully saturated rings. The summed E-state index contributed by atoms with van der Waals surface area (Å²) >= 11 is 0. The zero-order chi connectivity index (χ0) is 8.97. The standard InChI is InChI=1S/C5H4N4O3/c6-9-8-2-4-7-1-3(12-4)5(10)11/h1H,2H2,(H,10,11). The van der Waals surface area contributed by atoms with Crippen LogP contribution in [0.2, 0.25) is 0 Å². The van der Waals surface area contributed by atoms with E-state index < -0.39 is 5.97 Å². The summed E-state index contributed by atoms with van der Waals surface area (Å²) in [7, 11) is 0. The average molecular weight is 168 g/mol. The largest absolute Gasteiger partial charge is 0.475 e. The van der Waals surface area contributed by atoms with Gasteiger partial charge in [-0.05, 0) is 5.53 Å². The lowest BCUT2D eigenvalue weighted by atomic mass is 10.5. The van der Waals surface area contributed by atoms with Gasteiger partial charge in [-0.15, -0.1) is 0 Å². The Balaban J connectivity index is 2.77. The number of aromatic carboxylic acids is 1. The maximum Gasteiger partial charge on any atom is 0.373 e. The molecule has 62 valence electrons. The van der Waals surface area contributed by atoms with Crippen molar-refractivity contribution in [3.8, 4) is 0 Å². The number of oxazole rings is 1. The Morgan fingerprint density at radius 1 is 1.92 bits per heavy atom. The number of aromatic nitrogens is 1. The molecule has 0 atom stereocenters. The molecule has 0 saturated carbocycles. The first-order chi connectivity index (χ1) is 5.74. The fourth-order valence-electron chi connectivity index (χ4n) is 0.574. The van der Waals surface area contributed by atoms with Gasteiger partial charge in [-0.1, -0.05) is 5.11 Å². The van der Waals surface area contributed by atoms with Gasteiger partial charge in [0.2, 0.25) is 11.7 Å². The summed E-state index contributed by atoms with van der Waals surface area (Å²) < 4.78 is 4.67. The second-order valence-electron chi connectivity index (χ2n) is 1.81. The van der Waals surface area contributed by atoms with Crippen LogP contribution in [0, 0.1) is 0 Å². The molecule has 0 radical (unpaired) electrons. The highest BCUT2D eigenvalue weighted by Crippen LogP contribution is 2.04. The molecule has 1 rings (SSSR count). The second kappa shape index (κ2) is 3.40. The van der Waals surface area contributed by atoms with Gasteiger partial charge in [-0.3, -0.25) is 0 Å². The molecule has 1 aromatic heterocycles. The molecule has 0 amide bonds. The van der Waals surface area contributed by atoms with Crippen molar-refractivity contribution < 1.29 is 14.3 Å². The van der Waals surface area contributed by atoms with E-state index in [9.17, 15) is 4.79 Å². The Morgan fingerprint density at radius 2 is 2.67 bits per heavy atom. The van der Waals surface area contributed by atoms with E-state index >= 15 is 0 Å². The molecule has 1 aromatic rings.